The number of amides is 1. The van der Waals surface area contributed by atoms with Crippen molar-refractivity contribution in [3.05, 3.63) is 78.5 Å². The Morgan fingerprint density at radius 3 is 2.66 bits per heavy atom. The molecule has 0 atom stereocenters. The number of para-hydroxylation sites is 4. The lowest BCUT2D eigenvalue weighted by atomic mass is 10.3. The molecular formula is C22H21N3O4. The Bertz CT molecular complexity index is 1100. The smallest absolute Gasteiger partial charge is 0.287 e. The molecule has 2 aromatic heterocycles. The van der Waals surface area contributed by atoms with Gasteiger partial charge in [-0.15, -0.1) is 0 Å². The fraction of sp³-hybridized carbons (Fsp3) is 0.182. The number of nitrogens with zero attached hydrogens (tertiary/aromatic N) is 2. The van der Waals surface area contributed by atoms with E-state index >= 15 is 0 Å². The number of aromatic nitrogens is 2. The molecule has 2 heterocycles. The van der Waals surface area contributed by atoms with Gasteiger partial charge in [0.2, 0.25) is 0 Å². The summed E-state index contributed by atoms with van der Waals surface area (Å²) in [5.41, 5.74) is 1.85. The molecular weight excluding hydrogens is 370 g/mol. The Morgan fingerprint density at radius 1 is 1.07 bits per heavy atom. The standard InChI is InChI=1S/C22H21N3O4/c1-27-18-9-4-5-10-19(18)29-14-12-25-17-8-3-2-7-16(17)24-21(25)15-23-22(26)20-11-6-13-28-20/h2-11,13H,12,14-15H2,1H3,(H,23,26). The summed E-state index contributed by atoms with van der Waals surface area (Å²) in [6.07, 6.45) is 1.47. The lowest BCUT2D eigenvalue weighted by Gasteiger charge is -2.13. The summed E-state index contributed by atoms with van der Waals surface area (Å²) in [7, 11) is 1.62. The number of benzene rings is 2. The molecule has 1 N–H and O–H groups in total. The molecule has 148 valence electrons. The Kier molecular flexibility index (Phi) is 5.47. The second kappa shape index (κ2) is 8.52. The second-order valence-corrected chi connectivity index (χ2v) is 6.33. The van der Waals surface area contributed by atoms with Crippen LogP contribution < -0.4 is 14.8 Å². The topological polar surface area (TPSA) is 78.5 Å². The van der Waals surface area contributed by atoms with Crippen LogP contribution in [0, 0.1) is 0 Å². The minimum atomic E-state index is -0.279. The molecule has 0 radical (unpaired) electrons. The Labute approximate surface area is 167 Å². The summed E-state index contributed by atoms with van der Waals surface area (Å²) in [6, 6.07) is 18.7. The van der Waals surface area contributed by atoms with Gasteiger partial charge in [0.25, 0.3) is 5.91 Å². The quantitative estimate of drug-likeness (QED) is 0.496. The van der Waals surface area contributed by atoms with Gasteiger partial charge in [0.05, 0.1) is 37.5 Å². The number of carbonyl (C=O) groups excluding carboxylic acids is 1. The highest BCUT2D eigenvalue weighted by molar-refractivity contribution is 5.91. The molecule has 2 aromatic carbocycles. The van der Waals surface area contributed by atoms with Crippen molar-refractivity contribution >= 4 is 16.9 Å². The van der Waals surface area contributed by atoms with Gasteiger partial charge in [0, 0.05) is 0 Å². The van der Waals surface area contributed by atoms with Crippen LogP contribution in [-0.4, -0.2) is 29.2 Å². The maximum atomic E-state index is 12.2. The molecule has 0 aliphatic rings. The van der Waals surface area contributed by atoms with E-state index in [2.05, 4.69) is 10.3 Å². The molecule has 4 aromatic rings. The molecule has 7 nitrogen and oxygen atoms in total. The van der Waals surface area contributed by atoms with Gasteiger partial charge in [-0.25, -0.2) is 4.98 Å². The van der Waals surface area contributed by atoms with Crippen molar-refractivity contribution in [3.63, 3.8) is 0 Å². The molecule has 7 heteroatoms. The number of carbonyl (C=O) groups is 1. The minimum absolute atomic E-state index is 0.271. The van der Waals surface area contributed by atoms with Crippen molar-refractivity contribution < 1.29 is 18.7 Å². The van der Waals surface area contributed by atoms with Crippen molar-refractivity contribution in [2.24, 2.45) is 0 Å². The van der Waals surface area contributed by atoms with Crippen LogP contribution in [0.3, 0.4) is 0 Å². The lowest BCUT2D eigenvalue weighted by Crippen LogP contribution is -2.25. The fourth-order valence-corrected chi connectivity index (χ4v) is 3.15. The van der Waals surface area contributed by atoms with E-state index in [1.54, 1.807) is 19.2 Å². The van der Waals surface area contributed by atoms with E-state index in [0.717, 1.165) is 16.9 Å². The highest BCUT2D eigenvalue weighted by atomic mass is 16.5. The van der Waals surface area contributed by atoms with E-state index in [1.165, 1.54) is 6.26 Å². The van der Waals surface area contributed by atoms with Crippen LogP contribution >= 0.6 is 0 Å². The third-order valence-corrected chi connectivity index (χ3v) is 4.53. The van der Waals surface area contributed by atoms with Crippen molar-refractivity contribution in [1.29, 1.82) is 0 Å². The van der Waals surface area contributed by atoms with Gasteiger partial charge in [-0.2, -0.15) is 0 Å². The van der Waals surface area contributed by atoms with Gasteiger partial charge in [-0.3, -0.25) is 4.79 Å². The van der Waals surface area contributed by atoms with Crippen LogP contribution in [0.15, 0.2) is 71.3 Å². The molecule has 1 amide bonds. The maximum Gasteiger partial charge on any atom is 0.287 e. The number of imidazole rings is 1. The van der Waals surface area contributed by atoms with Crippen molar-refractivity contribution in [2.45, 2.75) is 13.1 Å². The normalized spacial score (nSPS) is 10.8. The first kappa shape index (κ1) is 18.6. The number of hydrogen-bond acceptors (Lipinski definition) is 5. The van der Waals surface area contributed by atoms with Crippen LogP contribution in [0.5, 0.6) is 11.5 Å². The van der Waals surface area contributed by atoms with Crippen LogP contribution in [0.2, 0.25) is 0 Å². The van der Waals surface area contributed by atoms with Crippen LogP contribution in [0.4, 0.5) is 0 Å². The van der Waals surface area contributed by atoms with Gasteiger partial charge in [0.1, 0.15) is 12.4 Å². The number of methoxy groups -OCH3 is 1. The first-order chi connectivity index (χ1) is 14.3. The average Bonchev–Trinajstić information content (AvgIpc) is 3.41. The number of ether oxygens (including phenoxy) is 2. The van der Waals surface area contributed by atoms with Gasteiger partial charge in [-0.05, 0) is 36.4 Å². The number of fused-ring (bicyclic) bond motifs is 1. The summed E-state index contributed by atoms with van der Waals surface area (Å²) in [4.78, 5) is 16.9. The van der Waals surface area contributed by atoms with Crippen molar-refractivity contribution in [1.82, 2.24) is 14.9 Å². The second-order valence-electron chi connectivity index (χ2n) is 6.33. The monoisotopic (exact) mass is 391 g/mol. The summed E-state index contributed by atoms with van der Waals surface area (Å²) in [5.74, 6) is 2.11. The molecule has 0 aliphatic heterocycles. The average molecular weight is 391 g/mol. The fourth-order valence-electron chi connectivity index (χ4n) is 3.15. The summed E-state index contributed by atoms with van der Waals surface area (Å²) in [6.45, 7) is 1.28. The van der Waals surface area contributed by atoms with E-state index in [9.17, 15) is 4.79 Å². The molecule has 0 spiro atoms. The van der Waals surface area contributed by atoms with E-state index in [1.807, 2.05) is 53.1 Å². The zero-order valence-corrected chi connectivity index (χ0v) is 16.0. The zero-order valence-electron chi connectivity index (χ0n) is 16.0. The first-order valence-corrected chi connectivity index (χ1v) is 9.28. The lowest BCUT2D eigenvalue weighted by molar-refractivity contribution is 0.0921. The number of hydrogen-bond donors (Lipinski definition) is 1. The molecule has 0 aliphatic carbocycles. The maximum absolute atomic E-state index is 12.2. The highest BCUT2D eigenvalue weighted by Gasteiger charge is 2.14. The van der Waals surface area contributed by atoms with Gasteiger partial charge >= 0.3 is 0 Å². The highest BCUT2D eigenvalue weighted by Crippen LogP contribution is 2.26. The SMILES string of the molecule is COc1ccccc1OCCn1c(CNC(=O)c2ccco2)nc2ccccc21. The van der Waals surface area contributed by atoms with Crippen LogP contribution in [0.25, 0.3) is 11.0 Å². The van der Waals surface area contributed by atoms with E-state index in [0.29, 0.717) is 24.7 Å². The first-order valence-electron chi connectivity index (χ1n) is 9.28. The molecule has 4 rings (SSSR count). The predicted octanol–water partition coefficient (Wildman–Crippen LogP) is 3.65. The Balaban J connectivity index is 1.49. The van der Waals surface area contributed by atoms with Crippen LogP contribution in [-0.2, 0) is 13.1 Å². The van der Waals surface area contributed by atoms with E-state index < -0.39 is 0 Å². The van der Waals surface area contributed by atoms with Crippen molar-refractivity contribution in [2.75, 3.05) is 13.7 Å². The predicted molar refractivity (Wildman–Crippen MR) is 108 cm³/mol. The third kappa shape index (κ3) is 4.08. The molecule has 0 unspecified atom stereocenters. The minimum Gasteiger partial charge on any atom is -0.493 e. The summed E-state index contributed by atoms with van der Waals surface area (Å²) in [5, 5.41) is 2.85. The third-order valence-electron chi connectivity index (χ3n) is 4.53. The summed E-state index contributed by atoms with van der Waals surface area (Å²) >= 11 is 0. The molecule has 0 fully saturated rings. The Hall–Kier alpha value is -3.74. The molecule has 29 heavy (non-hydrogen) atoms. The molecule has 0 saturated heterocycles. The zero-order chi connectivity index (χ0) is 20.1. The molecule has 0 saturated carbocycles. The van der Waals surface area contributed by atoms with E-state index in [-0.39, 0.29) is 18.2 Å². The Morgan fingerprint density at radius 2 is 1.86 bits per heavy atom. The number of furan rings is 1. The van der Waals surface area contributed by atoms with Gasteiger partial charge < -0.3 is 23.8 Å². The van der Waals surface area contributed by atoms with Crippen LogP contribution in [0.1, 0.15) is 16.4 Å². The van der Waals surface area contributed by atoms with E-state index in [4.69, 9.17) is 13.9 Å². The molecule has 0 bridgehead atoms. The van der Waals surface area contributed by atoms with Gasteiger partial charge in [-0.1, -0.05) is 24.3 Å². The number of rotatable bonds is 8. The van der Waals surface area contributed by atoms with Gasteiger partial charge in [0.15, 0.2) is 17.3 Å². The number of nitrogens with one attached hydrogen (secondary N) is 1. The largest absolute Gasteiger partial charge is 0.493 e. The van der Waals surface area contributed by atoms with Crippen molar-refractivity contribution in [3.8, 4) is 11.5 Å². The summed E-state index contributed by atoms with van der Waals surface area (Å²) < 4.78 is 18.4.